The van der Waals surface area contributed by atoms with E-state index in [-0.39, 0.29) is 0 Å². The van der Waals surface area contributed by atoms with Crippen molar-refractivity contribution >= 4 is 11.6 Å². The van der Waals surface area contributed by atoms with Crippen LogP contribution in [0, 0.1) is 0 Å². The number of aromatic nitrogens is 3. The molecule has 0 aliphatic rings. The van der Waals surface area contributed by atoms with Crippen molar-refractivity contribution < 1.29 is 9.47 Å². The molecule has 0 bridgehead atoms. The van der Waals surface area contributed by atoms with Crippen molar-refractivity contribution in [3.8, 4) is 17.0 Å². The van der Waals surface area contributed by atoms with E-state index in [0.29, 0.717) is 36.2 Å². The molecule has 0 atom stereocenters. The molecule has 0 unspecified atom stereocenters. The first-order chi connectivity index (χ1) is 9.74. The first kappa shape index (κ1) is 14.0. The summed E-state index contributed by atoms with van der Waals surface area (Å²) in [5.41, 5.74) is 7.27. The number of ether oxygens (including phenoxy) is 2. The van der Waals surface area contributed by atoms with Crippen LogP contribution in [0.1, 0.15) is 0 Å². The molecule has 0 fully saturated rings. The van der Waals surface area contributed by atoms with Crippen LogP contribution in [0.3, 0.4) is 0 Å². The number of nitrogens with one attached hydrogen (secondary N) is 1. The highest BCUT2D eigenvalue weighted by molar-refractivity contribution is 5.65. The van der Waals surface area contributed by atoms with Crippen LogP contribution in [0.2, 0.25) is 0 Å². The fraction of sp³-hybridized carbons (Fsp3) is 0.308. The molecule has 0 spiro atoms. The summed E-state index contributed by atoms with van der Waals surface area (Å²) in [6, 6.07) is 1.84. The van der Waals surface area contributed by atoms with E-state index >= 15 is 0 Å². The Bertz CT molecular complexity index is 576. The highest BCUT2D eigenvalue weighted by Gasteiger charge is 2.07. The summed E-state index contributed by atoms with van der Waals surface area (Å²) in [5, 5.41) is 3.08. The van der Waals surface area contributed by atoms with Crippen molar-refractivity contribution in [2.24, 2.45) is 0 Å². The molecular formula is C13H17N5O2. The molecule has 0 radical (unpaired) electrons. The monoisotopic (exact) mass is 275 g/mol. The standard InChI is InChI=1S/C13H17N5O2/c1-19-4-3-16-13-12(14)17-8-11(18-13)9-5-10(20-2)7-15-6-9/h5-8H,3-4H2,1-2H3,(H2,14,17)(H,16,18). The molecule has 7 nitrogen and oxygen atoms in total. The van der Waals surface area contributed by atoms with Crippen LogP contribution in [-0.2, 0) is 4.74 Å². The van der Waals surface area contributed by atoms with E-state index in [1.165, 1.54) is 0 Å². The van der Waals surface area contributed by atoms with Crippen molar-refractivity contribution in [2.75, 3.05) is 38.4 Å². The van der Waals surface area contributed by atoms with Crippen molar-refractivity contribution in [1.29, 1.82) is 0 Å². The summed E-state index contributed by atoms with van der Waals surface area (Å²) < 4.78 is 10.1. The Kier molecular flexibility index (Phi) is 4.67. The molecule has 0 aliphatic carbocycles. The largest absolute Gasteiger partial charge is 0.495 e. The molecule has 2 aromatic rings. The first-order valence-corrected chi connectivity index (χ1v) is 6.09. The van der Waals surface area contributed by atoms with Gasteiger partial charge in [-0.15, -0.1) is 0 Å². The Morgan fingerprint density at radius 2 is 2.10 bits per heavy atom. The minimum Gasteiger partial charge on any atom is -0.495 e. The van der Waals surface area contributed by atoms with E-state index in [2.05, 4.69) is 20.3 Å². The van der Waals surface area contributed by atoms with Crippen LogP contribution in [0.25, 0.3) is 11.3 Å². The lowest BCUT2D eigenvalue weighted by Crippen LogP contribution is -2.11. The van der Waals surface area contributed by atoms with Gasteiger partial charge in [0, 0.05) is 25.4 Å². The lowest BCUT2D eigenvalue weighted by molar-refractivity contribution is 0.210. The van der Waals surface area contributed by atoms with Crippen LogP contribution in [0.4, 0.5) is 11.6 Å². The second kappa shape index (κ2) is 6.67. The highest BCUT2D eigenvalue weighted by atomic mass is 16.5. The number of nitrogen functional groups attached to an aromatic ring is 1. The van der Waals surface area contributed by atoms with E-state index in [4.69, 9.17) is 15.2 Å². The molecule has 2 rings (SSSR count). The van der Waals surface area contributed by atoms with Crippen molar-refractivity contribution in [2.45, 2.75) is 0 Å². The van der Waals surface area contributed by atoms with Crippen molar-refractivity contribution in [1.82, 2.24) is 15.0 Å². The Morgan fingerprint density at radius 1 is 1.25 bits per heavy atom. The van der Waals surface area contributed by atoms with Gasteiger partial charge >= 0.3 is 0 Å². The molecule has 0 aromatic carbocycles. The van der Waals surface area contributed by atoms with Gasteiger partial charge in [0.05, 0.1) is 31.8 Å². The number of nitrogens with zero attached hydrogens (tertiary/aromatic N) is 3. The quantitative estimate of drug-likeness (QED) is 0.764. The van der Waals surface area contributed by atoms with E-state index < -0.39 is 0 Å². The van der Waals surface area contributed by atoms with Crippen LogP contribution in [0.5, 0.6) is 5.75 Å². The lowest BCUT2D eigenvalue weighted by atomic mass is 10.2. The first-order valence-electron chi connectivity index (χ1n) is 6.09. The molecule has 2 heterocycles. The van der Waals surface area contributed by atoms with Gasteiger partial charge in [0.25, 0.3) is 0 Å². The third-order valence-corrected chi connectivity index (χ3v) is 2.64. The summed E-state index contributed by atoms with van der Waals surface area (Å²) >= 11 is 0. The van der Waals surface area contributed by atoms with Crippen LogP contribution >= 0.6 is 0 Å². The second-order valence-corrected chi connectivity index (χ2v) is 4.02. The molecule has 106 valence electrons. The second-order valence-electron chi connectivity index (χ2n) is 4.02. The SMILES string of the molecule is COCCNc1nc(-c2cncc(OC)c2)cnc1N. The van der Waals surface area contributed by atoms with Gasteiger partial charge in [0.2, 0.25) is 0 Å². The number of anilines is 2. The highest BCUT2D eigenvalue weighted by Crippen LogP contribution is 2.23. The van der Waals surface area contributed by atoms with Crippen molar-refractivity contribution in [3.05, 3.63) is 24.7 Å². The number of hydrogen-bond acceptors (Lipinski definition) is 7. The summed E-state index contributed by atoms with van der Waals surface area (Å²) in [4.78, 5) is 12.7. The Morgan fingerprint density at radius 3 is 2.85 bits per heavy atom. The summed E-state index contributed by atoms with van der Waals surface area (Å²) in [6.45, 7) is 1.17. The van der Waals surface area contributed by atoms with Crippen LogP contribution < -0.4 is 15.8 Å². The molecule has 0 amide bonds. The maximum absolute atomic E-state index is 5.79. The Labute approximate surface area is 117 Å². The number of hydrogen-bond donors (Lipinski definition) is 2. The minimum atomic E-state index is 0.348. The smallest absolute Gasteiger partial charge is 0.169 e. The molecule has 0 saturated carbocycles. The number of rotatable bonds is 6. The zero-order valence-electron chi connectivity index (χ0n) is 11.5. The van der Waals surface area contributed by atoms with Gasteiger partial charge in [-0.25, -0.2) is 9.97 Å². The van der Waals surface area contributed by atoms with Gasteiger partial charge in [-0.2, -0.15) is 0 Å². The summed E-state index contributed by atoms with van der Waals surface area (Å²) in [5.74, 6) is 1.54. The third-order valence-electron chi connectivity index (χ3n) is 2.64. The molecule has 3 N–H and O–H groups in total. The third kappa shape index (κ3) is 3.33. The van der Waals surface area contributed by atoms with Gasteiger partial charge in [-0.05, 0) is 6.07 Å². The maximum atomic E-state index is 5.79. The normalized spacial score (nSPS) is 10.3. The van der Waals surface area contributed by atoms with E-state index in [1.807, 2.05) is 6.07 Å². The molecule has 7 heteroatoms. The van der Waals surface area contributed by atoms with Crippen LogP contribution in [-0.4, -0.2) is 42.3 Å². The molecular weight excluding hydrogens is 258 g/mol. The molecule has 20 heavy (non-hydrogen) atoms. The predicted octanol–water partition coefficient (Wildman–Crippen LogP) is 1.19. The van der Waals surface area contributed by atoms with Gasteiger partial charge in [0.15, 0.2) is 11.6 Å². The van der Waals surface area contributed by atoms with Gasteiger partial charge < -0.3 is 20.5 Å². The van der Waals surface area contributed by atoms with E-state index in [0.717, 1.165) is 5.56 Å². The Balaban J connectivity index is 2.25. The minimum absolute atomic E-state index is 0.348. The summed E-state index contributed by atoms with van der Waals surface area (Å²) in [6.07, 6.45) is 4.93. The number of pyridine rings is 1. The number of nitrogens with two attached hydrogens (primary N) is 1. The average Bonchev–Trinajstić information content (AvgIpc) is 2.49. The molecule has 0 aliphatic heterocycles. The topological polar surface area (TPSA) is 95.2 Å². The maximum Gasteiger partial charge on any atom is 0.169 e. The van der Waals surface area contributed by atoms with Crippen molar-refractivity contribution in [3.63, 3.8) is 0 Å². The molecule has 2 aromatic heterocycles. The predicted molar refractivity (Wildman–Crippen MR) is 76.6 cm³/mol. The average molecular weight is 275 g/mol. The molecule has 0 saturated heterocycles. The zero-order valence-corrected chi connectivity index (χ0v) is 11.5. The van der Waals surface area contributed by atoms with Gasteiger partial charge in [-0.3, -0.25) is 4.98 Å². The lowest BCUT2D eigenvalue weighted by Gasteiger charge is -2.09. The van der Waals surface area contributed by atoms with E-state index in [9.17, 15) is 0 Å². The zero-order chi connectivity index (χ0) is 14.4. The van der Waals surface area contributed by atoms with Crippen LogP contribution in [0.15, 0.2) is 24.7 Å². The number of methoxy groups -OCH3 is 2. The van der Waals surface area contributed by atoms with Gasteiger partial charge in [-0.1, -0.05) is 0 Å². The van der Waals surface area contributed by atoms with Gasteiger partial charge in [0.1, 0.15) is 5.75 Å². The van der Waals surface area contributed by atoms with E-state index in [1.54, 1.807) is 32.8 Å². The summed E-state index contributed by atoms with van der Waals surface area (Å²) in [7, 11) is 3.22. The fourth-order valence-corrected chi connectivity index (χ4v) is 1.61. The Hall–Kier alpha value is -2.41. The fourth-order valence-electron chi connectivity index (χ4n) is 1.61.